The molecule has 0 amide bonds. The molecular weight excluding hydrogens is 812 g/mol. The maximum atomic E-state index is 16.6. The van der Waals surface area contributed by atoms with Crippen LogP contribution < -0.4 is 14.5 Å². The Morgan fingerprint density at radius 2 is 1.23 bits per heavy atom. The van der Waals surface area contributed by atoms with Crippen LogP contribution in [-0.4, -0.2) is 92.4 Å². The molecule has 1 unspecified atom stereocenters. The van der Waals surface area contributed by atoms with Gasteiger partial charge < -0.3 is 33.5 Å². The molecule has 320 valence electrons. The number of para-hydroxylation sites is 1. The van der Waals surface area contributed by atoms with Gasteiger partial charge in [0.05, 0.1) is 69.1 Å². The van der Waals surface area contributed by atoms with Crippen LogP contribution in [0.5, 0.6) is 5.75 Å². The highest BCUT2D eigenvalue weighted by Gasteiger charge is 2.38. The second-order valence-electron chi connectivity index (χ2n) is 16.8. The molecule has 14 heteroatoms. The van der Waals surface area contributed by atoms with Gasteiger partial charge in [-0.25, -0.2) is 14.4 Å². The molecule has 61 heavy (non-hydrogen) atoms. The fourth-order valence-corrected chi connectivity index (χ4v) is 10.8. The molecule has 6 heterocycles. The highest BCUT2D eigenvalue weighted by molar-refractivity contribution is 7.99. The first-order chi connectivity index (χ1) is 29.6. The maximum Gasteiger partial charge on any atom is 0.135 e. The molecule has 0 spiro atoms. The molecule has 11 nitrogen and oxygen atoms in total. The van der Waals surface area contributed by atoms with E-state index in [4.69, 9.17) is 33.7 Å². The Hall–Kier alpha value is -4.41. The van der Waals surface area contributed by atoms with Gasteiger partial charge in [-0.2, -0.15) is 10.5 Å². The second kappa shape index (κ2) is 18.9. The minimum absolute atomic E-state index is 0.248. The second-order valence-corrected chi connectivity index (χ2v) is 19.0. The minimum Gasteiger partial charge on any atom is -0.496 e. The number of nitriles is 2. The van der Waals surface area contributed by atoms with Crippen LogP contribution in [0, 0.1) is 28.5 Å². The van der Waals surface area contributed by atoms with Crippen LogP contribution in [0.15, 0.2) is 52.5 Å². The molecule has 0 saturated carbocycles. The maximum absolute atomic E-state index is 16.6. The number of hydrogen-bond donors (Lipinski definition) is 0. The standard InChI is InChI=1S/C47H53FN6O5S2/c1-46(2)25-34-36(27-49)44(51-42(38(34)29-58-46)53-14-18-56-19-15-53)61-23-13-32-9-7-10-33(41(32)48)24-47(3)26-35-37(28-50)45(60-22-12-31-8-5-6-11-40(31)55-4)52-43(39(35)30-59-47)54-16-20-57-21-17-54/h5-11H,12-26,29-30H2,1-4H3. The molecule has 2 saturated heterocycles. The number of anilines is 2. The molecule has 4 aliphatic rings. The third-order valence-electron chi connectivity index (χ3n) is 12.0. The van der Waals surface area contributed by atoms with Crippen molar-refractivity contribution in [3.63, 3.8) is 0 Å². The summed E-state index contributed by atoms with van der Waals surface area (Å²) in [7, 11) is 1.68. The Bertz CT molecular complexity index is 2340. The van der Waals surface area contributed by atoms with E-state index in [2.05, 4.69) is 41.9 Å². The van der Waals surface area contributed by atoms with Crippen molar-refractivity contribution in [1.29, 1.82) is 10.5 Å². The Morgan fingerprint density at radius 3 is 1.82 bits per heavy atom. The van der Waals surface area contributed by atoms with Gasteiger partial charge in [0, 0.05) is 68.1 Å². The van der Waals surface area contributed by atoms with Gasteiger partial charge in [-0.05, 0) is 67.5 Å². The zero-order valence-corrected chi connectivity index (χ0v) is 37.1. The van der Waals surface area contributed by atoms with Crippen LogP contribution in [0.25, 0.3) is 0 Å². The monoisotopic (exact) mass is 864 g/mol. The summed E-state index contributed by atoms with van der Waals surface area (Å²) < 4.78 is 46.3. The number of thioether (sulfide) groups is 2. The van der Waals surface area contributed by atoms with Gasteiger partial charge >= 0.3 is 0 Å². The summed E-state index contributed by atoms with van der Waals surface area (Å²) in [5, 5.41) is 22.5. The van der Waals surface area contributed by atoms with Crippen molar-refractivity contribution in [2.45, 2.75) is 87.3 Å². The molecule has 0 aliphatic carbocycles. The number of benzene rings is 2. The molecule has 0 radical (unpaired) electrons. The van der Waals surface area contributed by atoms with E-state index in [-0.39, 0.29) is 12.4 Å². The number of halogens is 1. The number of fused-ring (bicyclic) bond motifs is 2. The molecule has 2 aromatic heterocycles. The first kappa shape index (κ1) is 43.2. The molecule has 1 atom stereocenters. The summed E-state index contributed by atoms with van der Waals surface area (Å²) in [4.78, 5) is 14.7. The number of morpholine rings is 2. The SMILES string of the molecule is COc1ccccc1CCSc1nc(N2CCOCC2)c2c(c1C#N)CC(C)(Cc1cccc(CCSc3nc(N4CCOCC4)c4c(c3C#N)CC(C)(C)OC4)c1F)OC2. The molecule has 4 aromatic rings. The van der Waals surface area contributed by atoms with Gasteiger partial charge in [0.25, 0.3) is 0 Å². The predicted octanol–water partition coefficient (Wildman–Crippen LogP) is 7.64. The van der Waals surface area contributed by atoms with E-state index >= 15 is 4.39 Å². The smallest absolute Gasteiger partial charge is 0.135 e. The van der Waals surface area contributed by atoms with Gasteiger partial charge in [-0.1, -0.05) is 36.4 Å². The topological polar surface area (TPSA) is 126 Å². The van der Waals surface area contributed by atoms with Gasteiger partial charge in [0.2, 0.25) is 0 Å². The van der Waals surface area contributed by atoms with E-state index in [1.165, 1.54) is 11.8 Å². The molecular formula is C47H53FN6O5S2. The van der Waals surface area contributed by atoms with E-state index in [1.807, 2.05) is 43.3 Å². The first-order valence-electron chi connectivity index (χ1n) is 21.1. The highest BCUT2D eigenvalue weighted by Crippen LogP contribution is 2.42. The van der Waals surface area contributed by atoms with Gasteiger partial charge in [-0.3, -0.25) is 0 Å². The number of ether oxygens (including phenoxy) is 5. The Balaban J connectivity index is 1.01. The Kier molecular flexibility index (Phi) is 13.4. The van der Waals surface area contributed by atoms with E-state index in [1.54, 1.807) is 18.9 Å². The van der Waals surface area contributed by atoms with Crippen LogP contribution in [0.1, 0.15) is 70.8 Å². The van der Waals surface area contributed by atoms with E-state index in [0.29, 0.717) is 110 Å². The number of nitrogens with zero attached hydrogens (tertiary/aromatic N) is 6. The summed E-state index contributed by atoms with van der Waals surface area (Å²) in [6, 6.07) is 18.6. The zero-order valence-electron chi connectivity index (χ0n) is 35.5. The lowest BCUT2D eigenvalue weighted by Gasteiger charge is -2.39. The third-order valence-corrected chi connectivity index (χ3v) is 14.0. The molecule has 0 N–H and O–H groups in total. The summed E-state index contributed by atoms with van der Waals surface area (Å²) in [6.07, 6.45) is 2.61. The summed E-state index contributed by atoms with van der Waals surface area (Å²) >= 11 is 3.09. The van der Waals surface area contributed by atoms with Gasteiger partial charge in [-0.15, -0.1) is 23.5 Å². The fourth-order valence-electron chi connectivity index (χ4n) is 8.79. The minimum atomic E-state index is -0.766. The van der Waals surface area contributed by atoms with Crippen molar-refractivity contribution in [3.8, 4) is 17.9 Å². The van der Waals surface area contributed by atoms with E-state index in [0.717, 1.165) is 70.5 Å². The van der Waals surface area contributed by atoms with Crippen LogP contribution >= 0.6 is 23.5 Å². The quantitative estimate of drug-likeness (QED) is 0.122. The number of methoxy groups -OCH3 is 1. The van der Waals surface area contributed by atoms with Crippen molar-refractivity contribution in [3.05, 3.63) is 98.4 Å². The Labute approximate surface area is 366 Å². The normalized spacial score (nSPS) is 19.7. The molecule has 0 bridgehead atoms. The van der Waals surface area contributed by atoms with Crippen LogP contribution in [0.4, 0.5) is 16.0 Å². The number of aromatic nitrogens is 2. The summed E-state index contributed by atoms with van der Waals surface area (Å²) in [6.45, 7) is 12.1. The molecule has 2 fully saturated rings. The van der Waals surface area contributed by atoms with Crippen molar-refractivity contribution in [1.82, 2.24) is 9.97 Å². The van der Waals surface area contributed by atoms with E-state index < -0.39 is 11.2 Å². The lowest BCUT2D eigenvalue weighted by molar-refractivity contribution is -0.0541. The van der Waals surface area contributed by atoms with Crippen molar-refractivity contribution < 1.29 is 28.1 Å². The van der Waals surface area contributed by atoms with Crippen molar-refractivity contribution in [2.24, 2.45) is 0 Å². The summed E-state index contributed by atoms with van der Waals surface area (Å²) in [5.74, 6) is 3.56. The molecule has 8 rings (SSSR count). The lowest BCUT2D eigenvalue weighted by atomic mass is 9.83. The van der Waals surface area contributed by atoms with Gasteiger partial charge in [0.1, 0.15) is 45.4 Å². The third kappa shape index (κ3) is 9.51. The van der Waals surface area contributed by atoms with E-state index in [9.17, 15) is 10.5 Å². The van der Waals surface area contributed by atoms with Crippen LogP contribution in [-0.2, 0) is 64.3 Å². The highest BCUT2D eigenvalue weighted by atomic mass is 32.2. The predicted molar refractivity (Wildman–Crippen MR) is 235 cm³/mol. The van der Waals surface area contributed by atoms with Crippen LogP contribution in [0.2, 0.25) is 0 Å². The van der Waals surface area contributed by atoms with Crippen molar-refractivity contribution in [2.75, 3.05) is 81.0 Å². The van der Waals surface area contributed by atoms with Gasteiger partial charge in [0.15, 0.2) is 0 Å². The number of aryl methyl sites for hydroxylation is 2. The van der Waals surface area contributed by atoms with Crippen molar-refractivity contribution >= 4 is 35.2 Å². The first-order valence-corrected chi connectivity index (χ1v) is 23.1. The largest absolute Gasteiger partial charge is 0.496 e. The average Bonchev–Trinajstić information content (AvgIpc) is 3.27. The number of rotatable bonds is 13. The zero-order chi connectivity index (χ0) is 42.6. The summed E-state index contributed by atoms with van der Waals surface area (Å²) in [5.41, 5.74) is 6.11. The number of pyridine rings is 2. The lowest BCUT2D eigenvalue weighted by Crippen LogP contribution is -2.41. The molecule has 2 aromatic carbocycles. The van der Waals surface area contributed by atoms with Crippen LogP contribution in [0.3, 0.4) is 0 Å². The Morgan fingerprint density at radius 1 is 0.705 bits per heavy atom. The average molecular weight is 865 g/mol. The number of hydrogen-bond acceptors (Lipinski definition) is 13. The fraction of sp³-hybridized carbons (Fsp3) is 0.489. The molecule has 4 aliphatic heterocycles.